The normalized spacial score (nSPS) is 15.1. The van der Waals surface area contributed by atoms with Crippen molar-refractivity contribution in [2.24, 2.45) is 0 Å². The van der Waals surface area contributed by atoms with Crippen LogP contribution in [0.5, 0.6) is 11.5 Å². The van der Waals surface area contributed by atoms with Crippen molar-refractivity contribution in [3.05, 3.63) is 54.1 Å². The van der Waals surface area contributed by atoms with Gasteiger partial charge in [0.05, 0.1) is 19.1 Å². The Morgan fingerprint density at radius 2 is 1.80 bits per heavy atom. The monoisotopic (exact) mass is 430 g/mol. The molecule has 1 N–H and O–H groups in total. The second-order valence-corrected chi connectivity index (χ2v) is 8.86. The Hall–Kier alpha value is -2.84. The van der Waals surface area contributed by atoms with Crippen molar-refractivity contribution in [2.75, 3.05) is 32.6 Å². The van der Waals surface area contributed by atoms with Gasteiger partial charge in [-0.05, 0) is 49.2 Å². The van der Waals surface area contributed by atoms with Crippen LogP contribution in [0.2, 0.25) is 0 Å². The van der Waals surface area contributed by atoms with E-state index in [4.69, 9.17) is 9.47 Å². The molecule has 0 radical (unpaired) electrons. The molecule has 7 nitrogen and oxygen atoms in total. The molecule has 3 rings (SSSR count). The van der Waals surface area contributed by atoms with E-state index in [2.05, 4.69) is 5.32 Å². The van der Waals surface area contributed by atoms with Crippen LogP contribution in [0.15, 0.2) is 53.4 Å². The average molecular weight is 431 g/mol. The number of hydrogen-bond acceptors (Lipinski definition) is 5. The third-order valence-corrected chi connectivity index (χ3v) is 6.80. The molecule has 1 aliphatic rings. The highest BCUT2D eigenvalue weighted by molar-refractivity contribution is 7.89. The lowest BCUT2D eigenvalue weighted by Crippen LogP contribution is -2.35. The Balaban J connectivity index is 1.72. The Morgan fingerprint density at radius 3 is 2.50 bits per heavy atom. The van der Waals surface area contributed by atoms with Gasteiger partial charge < -0.3 is 14.8 Å². The van der Waals surface area contributed by atoms with Gasteiger partial charge in [0.2, 0.25) is 15.9 Å². The maximum absolute atomic E-state index is 12.8. The highest BCUT2D eigenvalue weighted by atomic mass is 32.2. The van der Waals surface area contributed by atoms with Crippen LogP contribution in [0, 0.1) is 0 Å². The first kappa shape index (κ1) is 21.9. The van der Waals surface area contributed by atoms with E-state index in [1.807, 2.05) is 0 Å². The largest absolute Gasteiger partial charge is 0.497 e. The van der Waals surface area contributed by atoms with Gasteiger partial charge in [-0.25, -0.2) is 8.42 Å². The van der Waals surface area contributed by atoms with E-state index >= 15 is 0 Å². The molecule has 1 fully saturated rings. The summed E-state index contributed by atoms with van der Waals surface area (Å²) in [6.07, 6.45) is 5.79. The minimum absolute atomic E-state index is 0.183. The highest BCUT2D eigenvalue weighted by Crippen LogP contribution is 2.26. The molecule has 0 aromatic heterocycles. The molecule has 8 heteroatoms. The summed E-state index contributed by atoms with van der Waals surface area (Å²) in [5, 5.41) is 2.71. The number of piperidine rings is 1. The summed E-state index contributed by atoms with van der Waals surface area (Å²) in [5.74, 6) is 0.855. The van der Waals surface area contributed by atoms with Crippen LogP contribution in [0.1, 0.15) is 24.8 Å². The Kier molecular flexibility index (Phi) is 7.12. The van der Waals surface area contributed by atoms with Crippen LogP contribution in [0.4, 0.5) is 5.69 Å². The van der Waals surface area contributed by atoms with Gasteiger partial charge in [0.1, 0.15) is 11.5 Å². The number of anilines is 1. The number of hydrogen-bond donors (Lipinski definition) is 1. The molecule has 2 aromatic rings. The summed E-state index contributed by atoms with van der Waals surface area (Å²) in [6.45, 7) is 1.07. The Labute approximate surface area is 177 Å². The van der Waals surface area contributed by atoms with Gasteiger partial charge in [-0.3, -0.25) is 4.79 Å². The number of amides is 1. The van der Waals surface area contributed by atoms with Crippen molar-refractivity contribution < 1.29 is 22.7 Å². The van der Waals surface area contributed by atoms with Gasteiger partial charge in [-0.2, -0.15) is 4.31 Å². The number of carbonyl (C=O) groups is 1. The minimum Gasteiger partial charge on any atom is -0.497 e. The molecule has 2 aromatic carbocycles. The van der Waals surface area contributed by atoms with Gasteiger partial charge >= 0.3 is 0 Å². The molecule has 1 amide bonds. The Morgan fingerprint density at radius 1 is 1.03 bits per heavy atom. The van der Waals surface area contributed by atoms with E-state index in [1.54, 1.807) is 56.7 Å². The lowest BCUT2D eigenvalue weighted by atomic mass is 10.1. The van der Waals surface area contributed by atoms with Crippen molar-refractivity contribution in [2.45, 2.75) is 24.2 Å². The molecule has 1 aliphatic heterocycles. The van der Waals surface area contributed by atoms with Gasteiger partial charge in [-0.1, -0.05) is 12.5 Å². The maximum Gasteiger partial charge on any atom is 0.248 e. The first-order valence-electron chi connectivity index (χ1n) is 9.75. The molecule has 0 aliphatic carbocycles. The van der Waals surface area contributed by atoms with Crippen LogP contribution in [-0.4, -0.2) is 45.9 Å². The first-order chi connectivity index (χ1) is 14.4. The SMILES string of the molecule is COc1ccc(/C=C/C(=O)Nc2cccc(S(=O)(=O)N3CCCCC3)c2)c(OC)c1. The smallest absolute Gasteiger partial charge is 0.248 e. The summed E-state index contributed by atoms with van der Waals surface area (Å²) in [5.41, 5.74) is 1.14. The number of sulfonamides is 1. The molecule has 30 heavy (non-hydrogen) atoms. The van der Waals surface area contributed by atoms with Crippen LogP contribution >= 0.6 is 0 Å². The van der Waals surface area contributed by atoms with E-state index in [1.165, 1.54) is 16.4 Å². The quantitative estimate of drug-likeness (QED) is 0.680. The van der Waals surface area contributed by atoms with E-state index in [9.17, 15) is 13.2 Å². The molecule has 160 valence electrons. The number of rotatable bonds is 7. The topological polar surface area (TPSA) is 84.9 Å². The molecular weight excluding hydrogens is 404 g/mol. The third kappa shape index (κ3) is 5.20. The zero-order valence-corrected chi connectivity index (χ0v) is 17.9. The zero-order chi connectivity index (χ0) is 21.6. The second-order valence-electron chi connectivity index (χ2n) is 6.92. The highest BCUT2D eigenvalue weighted by Gasteiger charge is 2.26. The number of nitrogens with one attached hydrogen (secondary N) is 1. The molecule has 0 saturated carbocycles. The van der Waals surface area contributed by atoms with Crippen LogP contribution in [0.3, 0.4) is 0 Å². The lowest BCUT2D eigenvalue weighted by Gasteiger charge is -2.26. The predicted octanol–water partition coefficient (Wildman–Crippen LogP) is 3.53. The zero-order valence-electron chi connectivity index (χ0n) is 17.1. The van der Waals surface area contributed by atoms with E-state index < -0.39 is 10.0 Å². The predicted molar refractivity (Wildman–Crippen MR) is 116 cm³/mol. The number of ether oxygens (including phenoxy) is 2. The standard InChI is InChI=1S/C22H26N2O5S/c1-28-19-11-9-17(21(16-19)29-2)10-12-22(25)23-18-7-6-8-20(15-18)30(26,27)24-13-4-3-5-14-24/h6-12,15-16H,3-5,13-14H2,1-2H3,(H,23,25)/b12-10+. The fraction of sp³-hybridized carbons (Fsp3) is 0.318. The molecule has 0 atom stereocenters. The van der Waals surface area contributed by atoms with Gasteiger partial charge in [-0.15, -0.1) is 0 Å². The maximum atomic E-state index is 12.8. The van der Waals surface area contributed by atoms with E-state index in [0.29, 0.717) is 30.3 Å². The number of carbonyl (C=O) groups excluding carboxylic acids is 1. The number of nitrogens with zero attached hydrogens (tertiary/aromatic N) is 1. The van der Waals surface area contributed by atoms with E-state index in [-0.39, 0.29) is 10.8 Å². The van der Waals surface area contributed by atoms with Crippen molar-refractivity contribution in [3.63, 3.8) is 0 Å². The summed E-state index contributed by atoms with van der Waals surface area (Å²) in [4.78, 5) is 12.5. The first-order valence-corrected chi connectivity index (χ1v) is 11.2. The molecule has 0 bridgehead atoms. The summed E-state index contributed by atoms with van der Waals surface area (Å²) in [6, 6.07) is 11.6. The fourth-order valence-corrected chi connectivity index (χ4v) is 4.86. The molecular formula is C22H26N2O5S. The fourth-order valence-electron chi connectivity index (χ4n) is 3.29. The number of methoxy groups -OCH3 is 2. The van der Waals surface area contributed by atoms with Crippen molar-refractivity contribution in [1.29, 1.82) is 0 Å². The molecule has 0 spiro atoms. The third-order valence-electron chi connectivity index (χ3n) is 4.91. The van der Waals surface area contributed by atoms with Crippen molar-refractivity contribution in [1.82, 2.24) is 4.31 Å². The minimum atomic E-state index is -3.56. The summed E-state index contributed by atoms with van der Waals surface area (Å²) in [7, 11) is -0.447. The molecule has 0 unspecified atom stereocenters. The average Bonchev–Trinajstić information content (AvgIpc) is 2.78. The van der Waals surface area contributed by atoms with Crippen LogP contribution < -0.4 is 14.8 Å². The second kappa shape index (κ2) is 9.77. The van der Waals surface area contributed by atoms with Crippen LogP contribution in [0.25, 0.3) is 6.08 Å². The van der Waals surface area contributed by atoms with E-state index in [0.717, 1.165) is 24.8 Å². The number of benzene rings is 2. The van der Waals surface area contributed by atoms with Crippen molar-refractivity contribution >= 4 is 27.7 Å². The molecule has 1 saturated heterocycles. The van der Waals surface area contributed by atoms with Gasteiger partial charge in [0.25, 0.3) is 0 Å². The molecule has 1 heterocycles. The van der Waals surface area contributed by atoms with Crippen LogP contribution in [-0.2, 0) is 14.8 Å². The van der Waals surface area contributed by atoms with Gasteiger partial charge in [0, 0.05) is 36.5 Å². The summed E-state index contributed by atoms with van der Waals surface area (Å²) >= 11 is 0. The summed E-state index contributed by atoms with van der Waals surface area (Å²) < 4.78 is 37.7. The Bertz CT molecular complexity index is 1030. The van der Waals surface area contributed by atoms with Gasteiger partial charge in [0.15, 0.2) is 0 Å². The van der Waals surface area contributed by atoms with Crippen molar-refractivity contribution in [3.8, 4) is 11.5 Å². The lowest BCUT2D eigenvalue weighted by molar-refractivity contribution is -0.111.